The van der Waals surface area contributed by atoms with Gasteiger partial charge in [0.15, 0.2) is 0 Å². The van der Waals surface area contributed by atoms with Gasteiger partial charge in [0, 0.05) is 13.1 Å². The fourth-order valence-corrected chi connectivity index (χ4v) is 2.43. The maximum Gasteiger partial charge on any atom is 0.328 e. The molecule has 0 aromatic heterocycles. The highest BCUT2D eigenvalue weighted by Gasteiger charge is 2.30. The van der Waals surface area contributed by atoms with E-state index in [-0.39, 0.29) is 12.5 Å². The number of hydrogen-bond donors (Lipinski definition) is 2. The molecule has 0 aromatic carbocycles. The normalized spacial score (nSPS) is 20.0. The van der Waals surface area contributed by atoms with Crippen molar-refractivity contribution in [1.29, 1.82) is 0 Å². The lowest BCUT2D eigenvalue weighted by atomic mass is 9.98. The van der Waals surface area contributed by atoms with E-state index in [2.05, 4.69) is 5.32 Å². The van der Waals surface area contributed by atoms with Gasteiger partial charge in [0.2, 0.25) is 0 Å². The lowest BCUT2D eigenvalue weighted by molar-refractivity contribution is -0.144. The molecule has 2 amide bonds. The Morgan fingerprint density at radius 3 is 2.57 bits per heavy atom. The van der Waals surface area contributed by atoms with Crippen LogP contribution in [-0.4, -0.2) is 54.2 Å². The van der Waals surface area contributed by atoms with Crippen LogP contribution in [0, 0.1) is 11.8 Å². The zero-order chi connectivity index (χ0) is 16.0. The molecule has 0 radical (unpaired) electrons. The largest absolute Gasteiger partial charge is 0.481 e. The fraction of sp³-hybridized carbons (Fsp3) is 0.786. The number of carbonyl (C=O) groups excluding carboxylic acids is 2. The minimum atomic E-state index is -0.890. The van der Waals surface area contributed by atoms with E-state index >= 15 is 0 Å². The lowest BCUT2D eigenvalue weighted by Crippen LogP contribution is -2.52. The fourth-order valence-electron chi connectivity index (χ4n) is 2.43. The number of nitrogens with zero attached hydrogens (tertiary/aromatic N) is 1. The number of rotatable bonds is 5. The molecule has 1 fully saturated rings. The second kappa shape index (κ2) is 7.85. The van der Waals surface area contributed by atoms with Crippen LogP contribution in [0.25, 0.3) is 0 Å². The summed E-state index contributed by atoms with van der Waals surface area (Å²) in [6, 6.07) is -1.11. The molecule has 0 saturated carbocycles. The summed E-state index contributed by atoms with van der Waals surface area (Å²) in [5.41, 5.74) is 0. The van der Waals surface area contributed by atoms with Crippen LogP contribution in [-0.2, 0) is 14.3 Å². The van der Waals surface area contributed by atoms with Gasteiger partial charge in [-0.1, -0.05) is 13.8 Å². The third-order valence-electron chi connectivity index (χ3n) is 3.55. The molecule has 1 rings (SSSR count). The van der Waals surface area contributed by atoms with E-state index in [1.54, 1.807) is 0 Å². The molecule has 7 nitrogen and oxygen atoms in total. The van der Waals surface area contributed by atoms with Crippen LogP contribution >= 0.6 is 0 Å². The number of carbonyl (C=O) groups is 3. The summed E-state index contributed by atoms with van der Waals surface area (Å²) in [6.07, 6.45) is 1.71. The molecular weight excluding hydrogens is 276 g/mol. The van der Waals surface area contributed by atoms with Gasteiger partial charge in [-0.05, 0) is 25.2 Å². The average Bonchev–Trinajstić information content (AvgIpc) is 2.45. The summed E-state index contributed by atoms with van der Waals surface area (Å²) in [7, 11) is 1.28. The Bertz CT molecular complexity index is 397. The molecule has 1 unspecified atom stereocenters. The number of likely N-dealkylation sites (tertiary alicyclic amines) is 1. The molecule has 0 aromatic rings. The van der Waals surface area contributed by atoms with Crippen molar-refractivity contribution >= 4 is 18.0 Å². The minimum absolute atomic E-state index is 0.177. The molecule has 1 heterocycles. The first-order chi connectivity index (χ1) is 9.85. The third-order valence-corrected chi connectivity index (χ3v) is 3.55. The first-order valence-electron chi connectivity index (χ1n) is 7.21. The van der Waals surface area contributed by atoms with Crippen LogP contribution in [0.3, 0.4) is 0 Å². The zero-order valence-corrected chi connectivity index (χ0v) is 12.8. The average molecular weight is 300 g/mol. The van der Waals surface area contributed by atoms with Gasteiger partial charge in [-0.3, -0.25) is 4.79 Å². The number of carboxylic acids is 1. The first-order valence-corrected chi connectivity index (χ1v) is 7.21. The van der Waals surface area contributed by atoms with Crippen LogP contribution in [0.4, 0.5) is 4.79 Å². The van der Waals surface area contributed by atoms with Crippen molar-refractivity contribution < 1.29 is 24.2 Å². The Labute approximate surface area is 124 Å². The molecule has 2 atom stereocenters. The Hall–Kier alpha value is -1.79. The van der Waals surface area contributed by atoms with Crippen molar-refractivity contribution in [2.75, 3.05) is 20.2 Å². The second-order valence-electron chi connectivity index (χ2n) is 5.78. The number of methoxy groups -OCH3 is 1. The molecule has 1 saturated heterocycles. The van der Waals surface area contributed by atoms with Crippen LogP contribution in [0.1, 0.15) is 33.1 Å². The van der Waals surface area contributed by atoms with Crippen molar-refractivity contribution in [2.45, 2.75) is 39.2 Å². The Morgan fingerprint density at radius 1 is 1.38 bits per heavy atom. The van der Waals surface area contributed by atoms with Crippen molar-refractivity contribution in [1.82, 2.24) is 10.2 Å². The van der Waals surface area contributed by atoms with Crippen LogP contribution < -0.4 is 5.32 Å². The zero-order valence-electron chi connectivity index (χ0n) is 12.8. The molecule has 120 valence electrons. The molecule has 0 bridgehead atoms. The molecule has 0 aliphatic carbocycles. The van der Waals surface area contributed by atoms with Crippen molar-refractivity contribution in [3.05, 3.63) is 0 Å². The number of urea groups is 1. The van der Waals surface area contributed by atoms with E-state index in [1.165, 1.54) is 12.0 Å². The second-order valence-corrected chi connectivity index (χ2v) is 5.78. The molecule has 21 heavy (non-hydrogen) atoms. The van der Waals surface area contributed by atoms with E-state index in [9.17, 15) is 14.4 Å². The maximum absolute atomic E-state index is 12.2. The summed E-state index contributed by atoms with van der Waals surface area (Å²) in [5, 5.41) is 11.7. The lowest BCUT2D eigenvalue weighted by Gasteiger charge is -2.32. The predicted octanol–water partition coefficient (Wildman–Crippen LogP) is 1.08. The number of amides is 2. The minimum Gasteiger partial charge on any atom is -0.481 e. The van der Waals surface area contributed by atoms with E-state index in [0.29, 0.717) is 25.8 Å². The highest BCUT2D eigenvalue weighted by Crippen LogP contribution is 2.17. The smallest absolute Gasteiger partial charge is 0.328 e. The Kier molecular flexibility index (Phi) is 6.45. The number of esters is 1. The van der Waals surface area contributed by atoms with Gasteiger partial charge in [0.25, 0.3) is 0 Å². The van der Waals surface area contributed by atoms with E-state index in [4.69, 9.17) is 9.84 Å². The summed E-state index contributed by atoms with van der Waals surface area (Å²) in [5.74, 6) is -1.68. The highest BCUT2D eigenvalue weighted by atomic mass is 16.5. The number of hydrogen-bond acceptors (Lipinski definition) is 4. The maximum atomic E-state index is 12.2. The van der Waals surface area contributed by atoms with Crippen molar-refractivity contribution in [3.63, 3.8) is 0 Å². The molecule has 7 heteroatoms. The Balaban J connectivity index is 2.63. The molecule has 1 aliphatic rings. The molecule has 1 aliphatic heterocycles. The van der Waals surface area contributed by atoms with Crippen molar-refractivity contribution in [3.8, 4) is 0 Å². The number of piperidine rings is 1. The summed E-state index contributed by atoms with van der Waals surface area (Å²) < 4.78 is 4.69. The van der Waals surface area contributed by atoms with Crippen LogP contribution in [0.15, 0.2) is 0 Å². The van der Waals surface area contributed by atoms with Gasteiger partial charge in [-0.2, -0.15) is 0 Å². The summed E-state index contributed by atoms with van der Waals surface area (Å²) in [4.78, 5) is 36.4. The monoisotopic (exact) mass is 300 g/mol. The number of carboxylic acid groups (broad SMARTS) is 1. The van der Waals surface area contributed by atoms with Gasteiger partial charge in [0.05, 0.1) is 13.0 Å². The predicted molar refractivity (Wildman–Crippen MR) is 75.7 cm³/mol. The van der Waals surface area contributed by atoms with Crippen LogP contribution in [0.2, 0.25) is 0 Å². The number of ether oxygens (including phenoxy) is 1. The number of aliphatic carboxylic acids is 1. The van der Waals surface area contributed by atoms with Crippen molar-refractivity contribution in [2.24, 2.45) is 11.8 Å². The molecular formula is C14H24N2O5. The Morgan fingerprint density at radius 2 is 2.05 bits per heavy atom. The number of nitrogens with one attached hydrogen (secondary N) is 1. The van der Waals surface area contributed by atoms with Gasteiger partial charge < -0.3 is 20.1 Å². The quantitative estimate of drug-likeness (QED) is 0.741. The van der Waals surface area contributed by atoms with Crippen LogP contribution in [0.5, 0.6) is 0 Å². The van der Waals surface area contributed by atoms with Gasteiger partial charge in [-0.25, -0.2) is 9.59 Å². The van der Waals surface area contributed by atoms with E-state index in [1.807, 2.05) is 13.8 Å². The molecule has 0 spiro atoms. The standard InChI is InChI=1S/C14H24N2O5/c1-9(2)7-11(13(19)21-3)15-14(20)16-6-4-5-10(8-16)12(17)18/h9-11H,4-8H2,1-3H3,(H,15,20)(H,17,18)/t10-,11?/m0/s1. The van der Waals surface area contributed by atoms with Gasteiger partial charge in [-0.15, -0.1) is 0 Å². The van der Waals surface area contributed by atoms with E-state index < -0.39 is 29.9 Å². The van der Waals surface area contributed by atoms with Gasteiger partial charge >= 0.3 is 18.0 Å². The SMILES string of the molecule is COC(=O)C(CC(C)C)NC(=O)N1CCC[C@H](C(=O)O)C1. The third kappa shape index (κ3) is 5.24. The topological polar surface area (TPSA) is 95.9 Å². The highest BCUT2D eigenvalue weighted by molar-refractivity contribution is 5.84. The van der Waals surface area contributed by atoms with E-state index in [0.717, 1.165) is 0 Å². The van der Waals surface area contributed by atoms with Gasteiger partial charge in [0.1, 0.15) is 6.04 Å². The summed E-state index contributed by atoms with van der Waals surface area (Å²) >= 11 is 0. The molecule has 2 N–H and O–H groups in total. The summed E-state index contributed by atoms with van der Waals surface area (Å²) in [6.45, 7) is 4.58. The first kappa shape index (κ1) is 17.3.